The standard InChI is InChI=1S/C30H33N5O2S/c1-4-34-14-16-35(17-15-34)26-12-10-25(11-13-26)33-29-28-27(31-20-32-29)24(19-38-28)9-8-22-18-23(7-6-21(22)3)30(36)37-5-2/h6-13,18-20H,4-5,14-17H2,1-3H3,(H,31,32,33). The van der Waals surface area contributed by atoms with Gasteiger partial charge in [0, 0.05) is 48.5 Å². The minimum absolute atomic E-state index is 0.307. The second-order valence-electron chi connectivity index (χ2n) is 9.31. The molecule has 38 heavy (non-hydrogen) atoms. The van der Waals surface area contributed by atoms with Crippen LogP contribution in [0.3, 0.4) is 0 Å². The Hall–Kier alpha value is -3.75. The lowest BCUT2D eigenvalue weighted by Crippen LogP contribution is -2.46. The number of thiophene rings is 1. The first-order chi connectivity index (χ1) is 18.6. The van der Waals surface area contributed by atoms with E-state index >= 15 is 0 Å². The topological polar surface area (TPSA) is 70.6 Å². The Balaban J connectivity index is 1.32. The maximum atomic E-state index is 12.2. The lowest BCUT2D eigenvalue weighted by atomic mass is 10.0. The monoisotopic (exact) mass is 527 g/mol. The van der Waals surface area contributed by atoms with Gasteiger partial charge in [-0.25, -0.2) is 14.8 Å². The normalized spacial score (nSPS) is 14.3. The molecule has 0 saturated carbocycles. The van der Waals surface area contributed by atoms with Gasteiger partial charge < -0.3 is 19.9 Å². The summed E-state index contributed by atoms with van der Waals surface area (Å²) in [6, 6.07) is 14.2. The van der Waals surface area contributed by atoms with Gasteiger partial charge in [0.2, 0.25) is 0 Å². The molecule has 196 valence electrons. The Morgan fingerprint density at radius 3 is 2.53 bits per heavy atom. The van der Waals surface area contributed by atoms with Gasteiger partial charge in [-0.1, -0.05) is 25.1 Å². The molecule has 5 rings (SSSR count). The Morgan fingerprint density at radius 2 is 1.79 bits per heavy atom. The molecule has 0 atom stereocenters. The number of carbonyl (C=O) groups excluding carboxylic acids is 1. The number of aromatic nitrogens is 2. The number of fused-ring (bicyclic) bond motifs is 1. The maximum absolute atomic E-state index is 12.2. The molecule has 0 spiro atoms. The summed E-state index contributed by atoms with van der Waals surface area (Å²) < 4.78 is 6.15. The van der Waals surface area contributed by atoms with Crippen LogP contribution in [0.25, 0.3) is 22.4 Å². The van der Waals surface area contributed by atoms with Crippen molar-refractivity contribution in [3.8, 4) is 0 Å². The van der Waals surface area contributed by atoms with Crippen molar-refractivity contribution in [1.29, 1.82) is 0 Å². The summed E-state index contributed by atoms with van der Waals surface area (Å²) in [4.78, 5) is 26.2. The van der Waals surface area contributed by atoms with Crippen LogP contribution in [-0.4, -0.2) is 60.2 Å². The van der Waals surface area contributed by atoms with E-state index in [0.29, 0.717) is 12.2 Å². The lowest BCUT2D eigenvalue weighted by molar-refractivity contribution is 0.0526. The molecular formula is C30H33N5O2S. The number of ether oxygens (including phenoxy) is 1. The van der Waals surface area contributed by atoms with Gasteiger partial charge in [0.15, 0.2) is 5.82 Å². The van der Waals surface area contributed by atoms with Crippen LogP contribution in [0.2, 0.25) is 0 Å². The van der Waals surface area contributed by atoms with Crippen molar-refractivity contribution in [2.24, 2.45) is 0 Å². The number of hydrogen-bond acceptors (Lipinski definition) is 8. The number of hydrogen-bond donors (Lipinski definition) is 1. The van der Waals surface area contributed by atoms with E-state index in [-0.39, 0.29) is 5.97 Å². The minimum atomic E-state index is -0.307. The summed E-state index contributed by atoms with van der Waals surface area (Å²) in [7, 11) is 0. The molecule has 1 aliphatic heterocycles. The minimum Gasteiger partial charge on any atom is -0.462 e. The van der Waals surface area contributed by atoms with Gasteiger partial charge in [0.25, 0.3) is 0 Å². The first-order valence-corrected chi connectivity index (χ1v) is 14.0. The Labute approximate surface area is 227 Å². The van der Waals surface area contributed by atoms with Crippen LogP contribution in [0.1, 0.15) is 40.9 Å². The molecule has 7 nitrogen and oxygen atoms in total. The number of nitrogens with one attached hydrogen (secondary N) is 1. The quantitative estimate of drug-likeness (QED) is 0.272. The number of piperazine rings is 1. The van der Waals surface area contributed by atoms with E-state index in [9.17, 15) is 4.79 Å². The highest BCUT2D eigenvalue weighted by molar-refractivity contribution is 7.18. The van der Waals surface area contributed by atoms with Crippen LogP contribution in [0.4, 0.5) is 17.2 Å². The van der Waals surface area contributed by atoms with Crippen LogP contribution in [0, 0.1) is 6.92 Å². The maximum Gasteiger partial charge on any atom is 0.338 e. The second-order valence-corrected chi connectivity index (χ2v) is 10.2. The largest absolute Gasteiger partial charge is 0.462 e. The van der Waals surface area contributed by atoms with Crippen LogP contribution >= 0.6 is 11.3 Å². The number of carbonyl (C=O) groups is 1. The van der Waals surface area contributed by atoms with E-state index in [2.05, 4.69) is 61.7 Å². The summed E-state index contributed by atoms with van der Waals surface area (Å²) in [6.45, 7) is 11.9. The molecule has 1 fully saturated rings. The van der Waals surface area contributed by atoms with Crippen molar-refractivity contribution in [1.82, 2.24) is 14.9 Å². The highest BCUT2D eigenvalue weighted by Crippen LogP contribution is 2.32. The first kappa shape index (κ1) is 25.9. The molecule has 1 aliphatic rings. The molecule has 0 unspecified atom stereocenters. The summed E-state index contributed by atoms with van der Waals surface area (Å²) in [5.41, 5.74) is 6.77. The number of likely N-dealkylation sites (N-methyl/N-ethyl adjacent to an activating group) is 1. The molecule has 4 aromatic rings. The molecule has 0 amide bonds. The predicted octanol–water partition coefficient (Wildman–Crippen LogP) is 6.23. The fraction of sp³-hybridized carbons (Fsp3) is 0.300. The highest BCUT2D eigenvalue weighted by Gasteiger charge is 2.16. The number of aryl methyl sites for hydroxylation is 1. The Morgan fingerprint density at radius 1 is 1.03 bits per heavy atom. The summed E-state index contributed by atoms with van der Waals surface area (Å²) in [5, 5.41) is 5.57. The van der Waals surface area contributed by atoms with Gasteiger partial charge in [0.05, 0.1) is 22.4 Å². The number of anilines is 3. The second kappa shape index (κ2) is 11.8. The number of rotatable bonds is 8. The SMILES string of the molecule is CCOC(=O)c1ccc(C)c(C=Cc2csc3c(Nc4ccc(N5CCN(CC)CC5)cc4)ncnc23)c1. The zero-order valence-corrected chi connectivity index (χ0v) is 22.9. The molecule has 2 aromatic heterocycles. The third-order valence-corrected chi connectivity index (χ3v) is 7.92. The van der Waals surface area contributed by atoms with Gasteiger partial charge in [-0.15, -0.1) is 11.3 Å². The summed E-state index contributed by atoms with van der Waals surface area (Å²) in [5.74, 6) is 0.489. The molecule has 2 aromatic carbocycles. The van der Waals surface area contributed by atoms with E-state index in [4.69, 9.17) is 4.74 Å². The third-order valence-electron chi connectivity index (χ3n) is 6.93. The van der Waals surface area contributed by atoms with E-state index in [0.717, 1.165) is 71.1 Å². The Kier molecular flexibility index (Phi) is 8.00. The number of benzene rings is 2. The fourth-order valence-corrected chi connectivity index (χ4v) is 5.56. The average molecular weight is 528 g/mol. The van der Waals surface area contributed by atoms with Crippen molar-refractivity contribution in [2.75, 3.05) is 49.5 Å². The molecule has 8 heteroatoms. The van der Waals surface area contributed by atoms with Gasteiger partial charge in [-0.2, -0.15) is 0 Å². The van der Waals surface area contributed by atoms with E-state index in [1.54, 1.807) is 23.7 Å². The zero-order valence-electron chi connectivity index (χ0n) is 22.1. The lowest BCUT2D eigenvalue weighted by Gasteiger charge is -2.35. The molecule has 1 N–H and O–H groups in total. The van der Waals surface area contributed by atoms with Crippen LogP contribution in [0.5, 0.6) is 0 Å². The number of esters is 1. The smallest absolute Gasteiger partial charge is 0.338 e. The van der Waals surface area contributed by atoms with Crippen LogP contribution in [-0.2, 0) is 4.74 Å². The van der Waals surface area contributed by atoms with Gasteiger partial charge in [0.1, 0.15) is 6.33 Å². The molecule has 1 saturated heterocycles. The fourth-order valence-electron chi connectivity index (χ4n) is 4.63. The molecule has 0 bridgehead atoms. The zero-order chi connectivity index (χ0) is 26.5. The van der Waals surface area contributed by atoms with E-state index in [1.807, 2.05) is 38.1 Å². The van der Waals surface area contributed by atoms with Crippen LogP contribution < -0.4 is 10.2 Å². The predicted molar refractivity (Wildman–Crippen MR) is 158 cm³/mol. The first-order valence-electron chi connectivity index (χ1n) is 13.1. The molecular weight excluding hydrogens is 494 g/mol. The van der Waals surface area contributed by atoms with Crippen LogP contribution in [0.15, 0.2) is 54.2 Å². The van der Waals surface area contributed by atoms with Crippen molar-refractivity contribution < 1.29 is 9.53 Å². The van der Waals surface area contributed by atoms with Gasteiger partial charge in [-0.3, -0.25) is 0 Å². The van der Waals surface area contributed by atoms with E-state index in [1.165, 1.54) is 5.69 Å². The van der Waals surface area contributed by atoms with Gasteiger partial charge >= 0.3 is 5.97 Å². The Bertz CT molecular complexity index is 1440. The van der Waals surface area contributed by atoms with Crippen molar-refractivity contribution in [2.45, 2.75) is 20.8 Å². The molecule has 0 radical (unpaired) electrons. The van der Waals surface area contributed by atoms with Crippen molar-refractivity contribution in [3.05, 3.63) is 76.4 Å². The molecule has 3 heterocycles. The van der Waals surface area contributed by atoms with Crippen molar-refractivity contribution >= 4 is 56.9 Å². The summed E-state index contributed by atoms with van der Waals surface area (Å²) in [6.07, 6.45) is 5.66. The van der Waals surface area contributed by atoms with Crippen molar-refractivity contribution in [3.63, 3.8) is 0 Å². The van der Waals surface area contributed by atoms with E-state index < -0.39 is 0 Å². The summed E-state index contributed by atoms with van der Waals surface area (Å²) >= 11 is 1.62. The highest BCUT2D eigenvalue weighted by atomic mass is 32.1. The molecule has 0 aliphatic carbocycles. The van der Waals surface area contributed by atoms with Gasteiger partial charge in [-0.05, 0) is 67.9 Å². The third kappa shape index (κ3) is 5.71. The average Bonchev–Trinajstić information content (AvgIpc) is 3.37. The number of nitrogens with zero attached hydrogens (tertiary/aromatic N) is 4.